The van der Waals surface area contributed by atoms with Gasteiger partial charge in [0.05, 0.1) is 12.5 Å². The van der Waals surface area contributed by atoms with Crippen LogP contribution in [0.3, 0.4) is 0 Å². The Hall–Kier alpha value is -1.38. The third kappa shape index (κ3) is 2.31. The van der Waals surface area contributed by atoms with Crippen LogP contribution in [0.15, 0.2) is 23.8 Å². The molecule has 4 atom stereocenters. The first kappa shape index (κ1) is 17.4. The summed E-state index contributed by atoms with van der Waals surface area (Å²) in [5, 5.41) is 0. The van der Waals surface area contributed by atoms with Crippen molar-refractivity contribution in [1.29, 1.82) is 0 Å². The lowest BCUT2D eigenvalue weighted by Crippen LogP contribution is -2.53. The van der Waals surface area contributed by atoms with Gasteiger partial charge in [-0.2, -0.15) is 0 Å². The van der Waals surface area contributed by atoms with Crippen LogP contribution in [0.5, 0.6) is 0 Å². The van der Waals surface area contributed by atoms with Crippen molar-refractivity contribution >= 4 is 11.8 Å². The first-order valence-electron chi connectivity index (χ1n) is 9.18. The highest BCUT2D eigenvalue weighted by atomic mass is 16.5. The predicted octanol–water partition coefficient (Wildman–Crippen LogP) is 4.62. The Morgan fingerprint density at radius 1 is 1.25 bits per heavy atom. The lowest BCUT2D eigenvalue weighted by molar-refractivity contribution is -0.163. The van der Waals surface area contributed by atoms with Crippen molar-refractivity contribution in [3.8, 4) is 0 Å². The summed E-state index contributed by atoms with van der Waals surface area (Å²) in [6.45, 7) is 10.5. The van der Waals surface area contributed by atoms with Crippen LogP contribution in [-0.4, -0.2) is 18.9 Å². The van der Waals surface area contributed by atoms with E-state index in [0.717, 1.165) is 44.1 Å². The van der Waals surface area contributed by atoms with Crippen molar-refractivity contribution < 1.29 is 14.3 Å². The molecule has 0 amide bonds. The summed E-state index contributed by atoms with van der Waals surface area (Å²) < 4.78 is 5.13. The molecule has 1 fully saturated rings. The molecule has 0 aromatic heterocycles. The van der Waals surface area contributed by atoms with Crippen molar-refractivity contribution in [2.75, 3.05) is 7.11 Å². The molecule has 0 heterocycles. The molecule has 0 spiro atoms. The van der Waals surface area contributed by atoms with Crippen molar-refractivity contribution in [2.24, 2.45) is 22.2 Å². The zero-order chi connectivity index (χ0) is 17.8. The molecule has 0 N–H and O–H groups in total. The van der Waals surface area contributed by atoms with Crippen LogP contribution in [0.1, 0.15) is 65.7 Å². The van der Waals surface area contributed by atoms with E-state index in [1.165, 1.54) is 12.7 Å². The highest BCUT2D eigenvalue weighted by Crippen LogP contribution is 2.62. The van der Waals surface area contributed by atoms with Crippen molar-refractivity contribution in [1.82, 2.24) is 0 Å². The highest BCUT2D eigenvalue weighted by molar-refractivity contribution is 5.98. The Kier molecular flexibility index (Phi) is 4.05. The number of methoxy groups -OCH3 is 1. The average Bonchev–Trinajstić information content (AvgIpc) is 2.56. The number of carbonyl (C=O) groups is 2. The molecule has 0 aromatic carbocycles. The van der Waals surface area contributed by atoms with E-state index in [9.17, 15) is 9.59 Å². The summed E-state index contributed by atoms with van der Waals surface area (Å²) in [5.41, 5.74) is 1.80. The van der Waals surface area contributed by atoms with Crippen LogP contribution in [0, 0.1) is 22.2 Å². The molecule has 0 unspecified atom stereocenters. The molecule has 0 radical (unpaired) electrons. The molecule has 3 aliphatic carbocycles. The van der Waals surface area contributed by atoms with E-state index in [1.807, 2.05) is 13.0 Å². The minimum Gasteiger partial charge on any atom is -0.469 e. The van der Waals surface area contributed by atoms with Gasteiger partial charge in [-0.05, 0) is 61.3 Å². The lowest BCUT2D eigenvalue weighted by atomic mass is 9.47. The van der Waals surface area contributed by atoms with E-state index in [4.69, 9.17) is 4.74 Å². The zero-order valence-corrected chi connectivity index (χ0v) is 15.5. The van der Waals surface area contributed by atoms with Gasteiger partial charge in [0.2, 0.25) is 0 Å². The SMILES string of the molecule is C=C[C@]1(C)CCC2=C(C1)C(=O)C[C@H]1[C@](C)(C(=O)OC)CCC[C@]21C. The normalized spacial score (nSPS) is 42.2. The van der Waals surface area contributed by atoms with Crippen molar-refractivity contribution in [3.63, 3.8) is 0 Å². The second kappa shape index (κ2) is 5.57. The second-order valence-electron chi connectivity index (χ2n) is 8.85. The minimum absolute atomic E-state index is 0.0258. The Bertz CT molecular complexity index is 631. The topological polar surface area (TPSA) is 43.4 Å². The summed E-state index contributed by atoms with van der Waals surface area (Å²) in [4.78, 5) is 25.5. The molecule has 3 rings (SSSR count). The molecule has 3 aliphatic rings. The van der Waals surface area contributed by atoms with Crippen LogP contribution in [0.25, 0.3) is 0 Å². The Labute approximate surface area is 145 Å². The van der Waals surface area contributed by atoms with E-state index in [-0.39, 0.29) is 28.5 Å². The number of ether oxygens (including phenoxy) is 1. The number of Topliss-reactive ketones (excluding diaryl/α,β-unsaturated/α-hetero) is 1. The fourth-order valence-electron chi connectivity index (χ4n) is 5.70. The van der Waals surface area contributed by atoms with E-state index in [1.54, 1.807) is 0 Å². The predicted molar refractivity (Wildman–Crippen MR) is 94.4 cm³/mol. The third-order valence-electron chi connectivity index (χ3n) is 7.38. The van der Waals surface area contributed by atoms with Crippen LogP contribution in [0.4, 0.5) is 0 Å². The average molecular weight is 330 g/mol. The van der Waals surface area contributed by atoms with Crippen LogP contribution >= 0.6 is 0 Å². The highest BCUT2D eigenvalue weighted by Gasteiger charge is 2.58. The Balaban J connectivity index is 2.07. The summed E-state index contributed by atoms with van der Waals surface area (Å²) in [6.07, 6.45) is 8.20. The lowest BCUT2D eigenvalue weighted by Gasteiger charge is -2.56. The molecule has 0 aliphatic heterocycles. The van der Waals surface area contributed by atoms with Gasteiger partial charge in [-0.25, -0.2) is 0 Å². The molecular weight excluding hydrogens is 300 g/mol. The van der Waals surface area contributed by atoms with Crippen molar-refractivity contribution in [2.45, 2.75) is 65.7 Å². The van der Waals surface area contributed by atoms with Gasteiger partial charge < -0.3 is 4.74 Å². The number of ketones is 1. The molecule has 0 aromatic rings. The molecule has 0 bridgehead atoms. The van der Waals surface area contributed by atoms with Crippen LogP contribution in [-0.2, 0) is 14.3 Å². The maximum absolute atomic E-state index is 13.0. The molecule has 0 saturated heterocycles. The van der Waals surface area contributed by atoms with Gasteiger partial charge in [0, 0.05) is 6.42 Å². The van der Waals surface area contributed by atoms with E-state index >= 15 is 0 Å². The van der Waals surface area contributed by atoms with Gasteiger partial charge >= 0.3 is 5.97 Å². The smallest absolute Gasteiger partial charge is 0.311 e. The maximum Gasteiger partial charge on any atom is 0.311 e. The maximum atomic E-state index is 13.0. The van der Waals surface area contributed by atoms with Crippen LogP contribution < -0.4 is 0 Å². The fourth-order valence-corrected chi connectivity index (χ4v) is 5.70. The van der Waals surface area contributed by atoms with Gasteiger partial charge in [-0.1, -0.05) is 31.9 Å². The Morgan fingerprint density at radius 2 is 1.96 bits per heavy atom. The first-order valence-corrected chi connectivity index (χ1v) is 9.18. The van der Waals surface area contributed by atoms with E-state index < -0.39 is 5.41 Å². The Morgan fingerprint density at radius 3 is 2.58 bits per heavy atom. The number of fused-ring (bicyclic) bond motifs is 2. The summed E-state index contributed by atoms with van der Waals surface area (Å²) in [6, 6.07) is 0. The molecular formula is C21H30O3. The van der Waals surface area contributed by atoms with Gasteiger partial charge in [0.1, 0.15) is 0 Å². The number of hydrogen-bond acceptors (Lipinski definition) is 3. The first-order chi connectivity index (χ1) is 11.2. The molecule has 3 nitrogen and oxygen atoms in total. The van der Waals surface area contributed by atoms with Crippen LogP contribution in [0.2, 0.25) is 0 Å². The number of hydrogen-bond donors (Lipinski definition) is 0. The fraction of sp³-hybridized carbons (Fsp3) is 0.714. The number of rotatable bonds is 2. The van der Waals surface area contributed by atoms with Gasteiger partial charge in [-0.3, -0.25) is 9.59 Å². The third-order valence-corrected chi connectivity index (χ3v) is 7.38. The quantitative estimate of drug-likeness (QED) is 0.548. The monoisotopic (exact) mass is 330 g/mol. The largest absolute Gasteiger partial charge is 0.469 e. The number of carbonyl (C=O) groups excluding carboxylic acids is 2. The molecule has 132 valence electrons. The van der Waals surface area contributed by atoms with E-state index in [2.05, 4.69) is 20.4 Å². The van der Waals surface area contributed by atoms with Gasteiger partial charge in [0.15, 0.2) is 5.78 Å². The standard InChI is InChI=1S/C21H30O3/c1-6-19(2)11-8-15-14(13-19)16(22)12-17-20(15,3)9-7-10-21(17,4)18(23)24-5/h6,17H,1,7-13H2,2-5H3/t17-,19-,20-,21-/m1/s1. The zero-order valence-electron chi connectivity index (χ0n) is 15.5. The number of esters is 1. The van der Waals surface area contributed by atoms with Gasteiger partial charge in [-0.15, -0.1) is 6.58 Å². The summed E-state index contributed by atoms with van der Waals surface area (Å²) in [7, 11) is 1.46. The summed E-state index contributed by atoms with van der Waals surface area (Å²) >= 11 is 0. The molecule has 3 heteroatoms. The minimum atomic E-state index is -0.547. The second-order valence-corrected chi connectivity index (χ2v) is 8.85. The molecule has 24 heavy (non-hydrogen) atoms. The van der Waals surface area contributed by atoms with Gasteiger partial charge in [0.25, 0.3) is 0 Å². The number of allylic oxidation sites excluding steroid dienone is 3. The summed E-state index contributed by atoms with van der Waals surface area (Å²) in [5.74, 6) is 0.157. The molecule has 1 saturated carbocycles. The van der Waals surface area contributed by atoms with E-state index in [0.29, 0.717) is 6.42 Å². The van der Waals surface area contributed by atoms with Crippen molar-refractivity contribution in [3.05, 3.63) is 23.8 Å².